The standard InChI is InChI=1S/C14H27NO6S2.C12H25NO5.7CH4/c1-12(19-7-8-20-13(16)3-2-9-22)11-18-5-6-21-14(17)15-4-10-23;1-4-5-13-12(14)18-9-8-17-11(2)10-16-7-6-15-3;;;;;;;/h12,22-23H,2-11H2,1H3,(H,15,17);11H,4-10H2,1-3H3,(H,13,14);7*1H4. The molecule has 15 heteroatoms. The summed E-state index contributed by atoms with van der Waals surface area (Å²) in [6.45, 7) is 10.5. The van der Waals surface area contributed by atoms with Crippen molar-refractivity contribution in [3.05, 3.63) is 0 Å². The summed E-state index contributed by atoms with van der Waals surface area (Å²) in [6, 6.07) is 0. The summed E-state index contributed by atoms with van der Waals surface area (Å²) in [5.74, 6) is 0.991. The minimum Gasteiger partial charge on any atom is -0.463 e. The van der Waals surface area contributed by atoms with E-state index in [-0.39, 0.29) is 90.0 Å². The van der Waals surface area contributed by atoms with E-state index < -0.39 is 12.2 Å². The van der Waals surface area contributed by atoms with Gasteiger partial charge in [-0.3, -0.25) is 4.79 Å². The molecule has 0 spiro atoms. The highest BCUT2D eigenvalue weighted by Gasteiger charge is 2.06. The predicted octanol–water partition coefficient (Wildman–Crippen LogP) is 6.96. The SMILES string of the molecule is C.C.C.C.C.C.C.CC(COCCOC(=O)NCCS)OCCOC(=O)CCCS.CCCNC(=O)OCCOC(C)COCCOC. The van der Waals surface area contributed by atoms with Crippen LogP contribution in [0, 0.1) is 0 Å². The molecule has 0 aromatic rings. The third kappa shape index (κ3) is 56.8. The minimum atomic E-state index is -0.480. The summed E-state index contributed by atoms with van der Waals surface area (Å²) >= 11 is 7.99. The molecule has 0 saturated heterocycles. The van der Waals surface area contributed by atoms with Gasteiger partial charge in [0.15, 0.2) is 0 Å². The lowest BCUT2D eigenvalue weighted by molar-refractivity contribution is -0.146. The van der Waals surface area contributed by atoms with Gasteiger partial charge in [0.25, 0.3) is 0 Å². The third-order valence-corrected chi connectivity index (χ3v) is 5.04. The van der Waals surface area contributed by atoms with Crippen molar-refractivity contribution in [2.75, 3.05) is 97.8 Å². The van der Waals surface area contributed by atoms with E-state index in [1.807, 2.05) is 20.8 Å². The van der Waals surface area contributed by atoms with E-state index in [1.54, 1.807) is 7.11 Å². The normalized spacial score (nSPS) is 10.2. The van der Waals surface area contributed by atoms with Crippen LogP contribution < -0.4 is 10.6 Å². The molecule has 48 heavy (non-hydrogen) atoms. The fraction of sp³-hybridized carbons (Fsp3) is 0.909. The lowest BCUT2D eigenvalue weighted by Crippen LogP contribution is -2.27. The van der Waals surface area contributed by atoms with E-state index in [9.17, 15) is 14.4 Å². The maximum atomic E-state index is 11.2. The molecule has 0 aliphatic carbocycles. The van der Waals surface area contributed by atoms with Gasteiger partial charge in [0.2, 0.25) is 0 Å². The highest BCUT2D eigenvalue weighted by atomic mass is 32.1. The Morgan fingerprint density at radius 3 is 1.48 bits per heavy atom. The maximum absolute atomic E-state index is 11.2. The molecule has 0 saturated carbocycles. The highest BCUT2D eigenvalue weighted by Crippen LogP contribution is 1.97. The average Bonchev–Trinajstić information content (AvgIpc) is 2.96. The summed E-state index contributed by atoms with van der Waals surface area (Å²) in [5, 5.41) is 5.14. The van der Waals surface area contributed by atoms with Gasteiger partial charge in [-0.15, -0.1) is 0 Å². The smallest absolute Gasteiger partial charge is 0.407 e. The summed E-state index contributed by atoms with van der Waals surface area (Å²) in [5.41, 5.74) is 0. The number of alkyl carbamates (subject to hydrolysis) is 2. The van der Waals surface area contributed by atoms with Crippen LogP contribution in [0.15, 0.2) is 0 Å². The number of thiol groups is 2. The Labute approximate surface area is 307 Å². The monoisotopic (exact) mass is 745 g/mol. The molecule has 2 amide bonds. The van der Waals surface area contributed by atoms with Crippen molar-refractivity contribution >= 4 is 43.4 Å². The Hall–Kier alpha value is -1.49. The first-order valence-electron chi connectivity index (χ1n) is 13.9. The molecule has 0 heterocycles. The summed E-state index contributed by atoms with van der Waals surface area (Å²) < 4.78 is 41.1. The molecule has 0 rings (SSSR count). The molecule has 0 bridgehead atoms. The van der Waals surface area contributed by atoms with Crippen LogP contribution in [0.2, 0.25) is 0 Å². The Bertz CT molecular complexity index is 626. The van der Waals surface area contributed by atoms with Crippen molar-refractivity contribution in [3.63, 3.8) is 0 Å². The summed E-state index contributed by atoms with van der Waals surface area (Å²) in [7, 11) is 1.63. The van der Waals surface area contributed by atoms with Crippen LogP contribution in [0.1, 0.15) is 92.0 Å². The second-order valence-corrected chi connectivity index (χ2v) is 9.30. The van der Waals surface area contributed by atoms with E-state index in [1.165, 1.54) is 0 Å². The van der Waals surface area contributed by atoms with Gasteiger partial charge in [-0.1, -0.05) is 58.9 Å². The molecule has 2 unspecified atom stereocenters. The number of ether oxygens (including phenoxy) is 8. The predicted molar refractivity (Wildman–Crippen MR) is 208 cm³/mol. The Morgan fingerprint density at radius 1 is 0.604 bits per heavy atom. The number of hydrogen-bond donors (Lipinski definition) is 4. The van der Waals surface area contributed by atoms with E-state index in [0.717, 1.165) is 6.42 Å². The van der Waals surface area contributed by atoms with Crippen molar-refractivity contribution in [3.8, 4) is 0 Å². The van der Waals surface area contributed by atoms with Crippen molar-refractivity contribution in [2.24, 2.45) is 0 Å². The first-order valence-corrected chi connectivity index (χ1v) is 15.1. The van der Waals surface area contributed by atoms with Gasteiger partial charge in [0.05, 0.1) is 58.5 Å². The Morgan fingerprint density at radius 2 is 1.04 bits per heavy atom. The fourth-order valence-corrected chi connectivity index (χ4v) is 2.77. The van der Waals surface area contributed by atoms with Crippen LogP contribution in [0.5, 0.6) is 0 Å². The molecule has 0 aliphatic heterocycles. The van der Waals surface area contributed by atoms with Crippen LogP contribution in [-0.2, 0) is 42.7 Å². The number of nitrogens with one attached hydrogen (secondary N) is 2. The van der Waals surface area contributed by atoms with Gasteiger partial charge in [0.1, 0.15) is 19.8 Å². The number of hydrogen-bond acceptors (Lipinski definition) is 13. The van der Waals surface area contributed by atoms with Gasteiger partial charge in [-0.25, -0.2) is 9.59 Å². The molecule has 0 aromatic heterocycles. The van der Waals surface area contributed by atoms with Gasteiger partial charge in [0, 0.05) is 32.4 Å². The van der Waals surface area contributed by atoms with Gasteiger partial charge >= 0.3 is 18.2 Å². The number of esters is 1. The summed E-state index contributed by atoms with van der Waals surface area (Å²) in [6.07, 6.45) is 0.942. The number of amides is 2. The third-order valence-electron chi connectivity index (χ3n) is 4.50. The Kier molecular flexibility index (Phi) is 78.4. The van der Waals surface area contributed by atoms with Crippen LogP contribution in [0.4, 0.5) is 9.59 Å². The van der Waals surface area contributed by atoms with Crippen molar-refractivity contribution in [1.82, 2.24) is 10.6 Å². The van der Waals surface area contributed by atoms with Gasteiger partial charge in [-0.2, -0.15) is 25.3 Å². The van der Waals surface area contributed by atoms with Gasteiger partial charge in [-0.05, 0) is 32.4 Å². The fourth-order valence-electron chi connectivity index (χ4n) is 2.50. The van der Waals surface area contributed by atoms with E-state index >= 15 is 0 Å². The largest absolute Gasteiger partial charge is 0.463 e. The lowest BCUT2D eigenvalue weighted by atomic mass is 10.3. The van der Waals surface area contributed by atoms with E-state index in [2.05, 4.69) is 35.9 Å². The first kappa shape index (κ1) is 68.5. The molecule has 13 nitrogen and oxygen atoms in total. The van der Waals surface area contributed by atoms with E-state index in [4.69, 9.17) is 37.9 Å². The maximum Gasteiger partial charge on any atom is 0.407 e. The number of carbonyl (C=O) groups is 3. The molecule has 2 N–H and O–H groups in total. The molecule has 300 valence electrons. The van der Waals surface area contributed by atoms with Crippen molar-refractivity contribution in [2.45, 2.75) is 104 Å². The lowest BCUT2D eigenvalue weighted by Gasteiger charge is -2.13. The van der Waals surface area contributed by atoms with Crippen LogP contribution in [0.3, 0.4) is 0 Å². The van der Waals surface area contributed by atoms with E-state index in [0.29, 0.717) is 83.7 Å². The Balaban J connectivity index is -0.0000000806. The molecule has 0 aromatic carbocycles. The molecule has 0 aliphatic rings. The molecule has 2 atom stereocenters. The van der Waals surface area contributed by atoms with Crippen LogP contribution in [-0.4, -0.2) is 128 Å². The van der Waals surface area contributed by atoms with Crippen LogP contribution in [0.25, 0.3) is 0 Å². The quantitative estimate of drug-likeness (QED) is 0.0333. The molecule has 0 radical (unpaired) electrons. The van der Waals surface area contributed by atoms with Crippen LogP contribution >= 0.6 is 25.3 Å². The molecule has 0 fully saturated rings. The number of carbonyl (C=O) groups excluding carboxylic acids is 3. The molecular weight excluding hydrogens is 665 g/mol. The number of rotatable bonds is 25. The molecular formula is C33H80N2O11S2. The first-order chi connectivity index (χ1) is 19.8. The van der Waals surface area contributed by atoms with Crippen molar-refractivity contribution < 1.29 is 52.3 Å². The zero-order valence-corrected chi connectivity index (χ0v) is 26.8. The number of methoxy groups -OCH3 is 1. The topological polar surface area (TPSA) is 149 Å². The highest BCUT2D eigenvalue weighted by molar-refractivity contribution is 7.80. The van der Waals surface area contributed by atoms with Crippen molar-refractivity contribution in [1.29, 1.82) is 0 Å². The zero-order valence-electron chi connectivity index (χ0n) is 25.1. The average molecular weight is 745 g/mol. The second-order valence-electron chi connectivity index (χ2n) is 8.40. The zero-order chi connectivity index (χ0) is 31.0. The second kappa shape index (κ2) is 54.9. The summed E-state index contributed by atoms with van der Waals surface area (Å²) in [4.78, 5) is 33.4. The minimum absolute atomic E-state index is 0. The van der Waals surface area contributed by atoms with Gasteiger partial charge < -0.3 is 48.5 Å².